The van der Waals surface area contributed by atoms with Crippen molar-refractivity contribution in [3.8, 4) is 0 Å². The topological polar surface area (TPSA) is 62.5 Å². The van der Waals surface area contributed by atoms with E-state index in [-0.39, 0.29) is 11.5 Å². The molecule has 2 heterocycles. The largest absolute Gasteiger partial charge is 0.478 e. The molecule has 25 heavy (non-hydrogen) atoms. The number of aromatic carboxylic acids is 1. The molecule has 1 saturated heterocycles. The average molecular weight is 342 g/mol. The monoisotopic (exact) mass is 342 g/mol. The molecule has 1 N–H and O–H groups in total. The Balaban J connectivity index is 1.37. The second-order valence-electron chi connectivity index (χ2n) is 7.05. The molecule has 1 aliphatic heterocycles. The van der Waals surface area contributed by atoms with Gasteiger partial charge in [0.15, 0.2) is 5.82 Å². The summed E-state index contributed by atoms with van der Waals surface area (Å²) in [6.07, 6.45) is 4.15. The second kappa shape index (κ2) is 6.02. The molecule has 2 aromatic rings. The van der Waals surface area contributed by atoms with Crippen LogP contribution in [-0.4, -0.2) is 39.5 Å². The molecule has 2 atom stereocenters. The van der Waals surface area contributed by atoms with E-state index in [1.807, 2.05) is 29.2 Å². The van der Waals surface area contributed by atoms with Crippen LogP contribution in [0.2, 0.25) is 0 Å². The van der Waals surface area contributed by atoms with Crippen molar-refractivity contribution < 1.29 is 19.1 Å². The first-order chi connectivity index (χ1) is 12.0. The van der Waals surface area contributed by atoms with Crippen LogP contribution < -0.4 is 0 Å². The number of likely N-dealkylation sites (tertiary alicyclic amines) is 1. The molecule has 1 saturated carbocycles. The van der Waals surface area contributed by atoms with Gasteiger partial charge in [-0.05, 0) is 29.4 Å². The Morgan fingerprint density at radius 3 is 2.32 bits per heavy atom. The lowest BCUT2D eigenvalue weighted by Gasteiger charge is -2.17. The quantitative estimate of drug-likeness (QED) is 0.907. The molecule has 1 aromatic carbocycles. The molecule has 1 aliphatic carbocycles. The summed E-state index contributed by atoms with van der Waals surface area (Å²) in [6, 6.07) is 7.59. The van der Waals surface area contributed by atoms with Crippen LogP contribution >= 0.6 is 0 Å². The fourth-order valence-corrected chi connectivity index (χ4v) is 3.59. The third-order valence-corrected chi connectivity index (χ3v) is 5.14. The summed E-state index contributed by atoms with van der Waals surface area (Å²) in [5, 5.41) is 8.89. The van der Waals surface area contributed by atoms with Gasteiger partial charge in [-0.25, -0.2) is 9.18 Å². The third-order valence-electron chi connectivity index (χ3n) is 5.14. The van der Waals surface area contributed by atoms with Crippen LogP contribution in [0.4, 0.5) is 4.39 Å². The van der Waals surface area contributed by atoms with E-state index in [4.69, 9.17) is 5.11 Å². The summed E-state index contributed by atoms with van der Waals surface area (Å²) in [6.45, 7) is 2.20. The molecule has 1 aromatic heterocycles. The molecule has 0 radical (unpaired) electrons. The fraction of sp³-hybridized carbons (Fsp3) is 0.368. The molecule has 6 heteroatoms. The van der Waals surface area contributed by atoms with Gasteiger partial charge in [0.2, 0.25) is 5.91 Å². The first-order valence-electron chi connectivity index (χ1n) is 8.44. The summed E-state index contributed by atoms with van der Waals surface area (Å²) in [5.74, 6) is -0.352. The zero-order chi connectivity index (χ0) is 17.6. The Labute approximate surface area is 144 Å². The number of carbonyl (C=O) groups is 2. The lowest BCUT2D eigenvalue weighted by atomic mass is 10.1. The van der Waals surface area contributed by atoms with Crippen molar-refractivity contribution in [1.29, 1.82) is 0 Å². The Morgan fingerprint density at radius 2 is 1.72 bits per heavy atom. The number of hydrogen-bond donors (Lipinski definition) is 1. The SMILES string of the molecule is O=C(O)c1cn(Cc2ccc(CC(=O)N3CC4CC4C3)cc2)cc1F. The number of fused-ring (bicyclic) bond motifs is 1. The molecule has 0 spiro atoms. The van der Waals surface area contributed by atoms with Crippen molar-refractivity contribution in [2.75, 3.05) is 13.1 Å². The molecule has 2 aliphatic rings. The highest BCUT2D eigenvalue weighted by atomic mass is 19.1. The average Bonchev–Trinajstić information content (AvgIpc) is 3.00. The Kier molecular flexibility index (Phi) is 3.82. The zero-order valence-electron chi connectivity index (χ0n) is 13.7. The van der Waals surface area contributed by atoms with Crippen molar-refractivity contribution in [2.45, 2.75) is 19.4 Å². The minimum Gasteiger partial charge on any atom is -0.478 e. The second-order valence-corrected chi connectivity index (χ2v) is 7.05. The van der Waals surface area contributed by atoms with Crippen LogP contribution in [0.25, 0.3) is 0 Å². The van der Waals surface area contributed by atoms with Crippen LogP contribution in [0.3, 0.4) is 0 Å². The Morgan fingerprint density at radius 1 is 1.08 bits per heavy atom. The number of carboxylic acids is 1. The summed E-state index contributed by atoms with van der Waals surface area (Å²) >= 11 is 0. The molecular weight excluding hydrogens is 323 g/mol. The van der Waals surface area contributed by atoms with Gasteiger partial charge < -0.3 is 14.6 Å². The summed E-state index contributed by atoms with van der Waals surface area (Å²) in [4.78, 5) is 25.1. The van der Waals surface area contributed by atoms with Crippen LogP contribution in [0, 0.1) is 17.7 Å². The summed E-state index contributed by atoms with van der Waals surface area (Å²) in [5.41, 5.74) is 1.55. The number of carbonyl (C=O) groups excluding carboxylic acids is 1. The van der Waals surface area contributed by atoms with Gasteiger partial charge in [-0.1, -0.05) is 24.3 Å². The first-order valence-corrected chi connectivity index (χ1v) is 8.44. The summed E-state index contributed by atoms with van der Waals surface area (Å²) < 4.78 is 15.0. The maximum Gasteiger partial charge on any atom is 0.340 e. The molecular formula is C19H19FN2O3. The predicted octanol–water partition coefficient (Wildman–Crippen LogP) is 2.39. The normalized spacial score (nSPS) is 21.2. The van der Waals surface area contributed by atoms with Crippen molar-refractivity contribution in [1.82, 2.24) is 9.47 Å². The molecule has 2 unspecified atom stereocenters. The number of rotatable bonds is 5. The number of nitrogens with zero attached hydrogens (tertiary/aromatic N) is 2. The lowest BCUT2D eigenvalue weighted by molar-refractivity contribution is -0.129. The molecule has 0 bridgehead atoms. The molecule has 2 fully saturated rings. The van der Waals surface area contributed by atoms with Gasteiger partial charge in [0.05, 0.1) is 6.42 Å². The number of halogens is 1. The number of amides is 1. The Bertz CT molecular complexity index is 818. The maximum atomic E-state index is 13.5. The molecule has 1 amide bonds. The number of carboxylic acid groups (broad SMARTS) is 1. The first kappa shape index (κ1) is 15.9. The highest BCUT2D eigenvalue weighted by Gasteiger charge is 2.46. The van der Waals surface area contributed by atoms with Gasteiger partial charge in [-0.3, -0.25) is 4.79 Å². The van der Waals surface area contributed by atoms with Gasteiger partial charge in [-0.2, -0.15) is 0 Å². The number of aromatic nitrogens is 1. The van der Waals surface area contributed by atoms with Crippen molar-refractivity contribution in [2.24, 2.45) is 11.8 Å². The minimum atomic E-state index is -1.27. The van der Waals surface area contributed by atoms with Crippen LogP contribution in [0.15, 0.2) is 36.7 Å². The maximum absolute atomic E-state index is 13.5. The fourth-order valence-electron chi connectivity index (χ4n) is 3.59. The third kappa shape index (κ3) is 3.29. The van der Waals surface area contributed by atoms with E-state index in [0.29, 0.717) is 13.0 Å². The van der Waals surface area contributed by atoms with E-state index in [2.05, 4.69) is 0 Å². The van der Waals surface area contributed by atoms with Gasteiger partial charge in [0.25, 0.3) is 0 Å². The van der Waals surface area contributed by atoms with Gasteiger partial charge in [-0.15, -0.1) is 0 Å². The van der Waals surface area contributed by atoms with E-state index in [9.17, 15) is 14.0 Å². The Hall–Kier alpha value is -2.63. The van der Waals surface area contributed by atoms with Gasteiger partial charge >= 0.3 is 5.97 Å². The minimum absolute atomic E-state index is 0.179. The zero-order valence-corrected chi connectivity index (χ0v) is 13.7. The van der Waals surface area contributed by atoms with Crippen LogP contribution in [-0.2, 0) is 17.8 Å². The lowest BCUT2D eigenvalue weighted by Crippen LogP contribution is -2.31. The highest BCUT2D eigenvalue weighted by molar-refractivity contribution is 5.87. The van der Waals surface area contributed by atoms with Gasteiger partial charge in [0, 0.05) is 32.0 Å². The highest BCUT2D eigenvalue weighted by Crippen LogP contribution is 2.44. The van der Waals surface area contributed by atoms with Crippen molar-refractivity contribution >= 4 is 11.9 Å². The van der Waals surface area contributed by atoms with Crippen molar-refractivity contribution in [3.63, 3.8) is 0 Å². The summed E-state index contributed by atoms with van der Waals surface area (Å²) in [7, 11) is 0. The number of piperidine rings is 1. The standard InChI is InChI=1S/C19H19FN2O3/c20-17-11-21(10-16(17)19(24)25)7-13-3-1-12(2-4-13)5-18(23)22-8-14-6-15(14)9-22/h1-4,10-11,14-15H,5-9H2,(H,24,25). The molecule has 5 nitrogen and oxygen atoms in total. The number of benzene rings is 1. The predicted molar refractivity (Wildman–Crippen MR) is 88.8 cm³/mol. The molecule has 4 rings (SSSR count). The van der Waals surface area contributed by atoms with E-state index in [1.54, 1.807) is 0 Å². The molecule has 130 valence electrons. The smallest absolute Gasteiger partial charge is 0.340 e. The van der Waals surface area contributed by atoms with Gasteiger partial charge in [0.1, 0.15) is 5.56 Å². The van der Waals surface area contributed by atoms with E-state index < -0.39 is 11.8 Å². The number of hydrogen-bond acceptors (Lipinski definition) is 2. The van der Waals surface area contributed by atoms with E-state index in [1.165, 1.54) is 23.4 Å². The van der Waals surface area contributed by atoms with E-state index in [0.717, 1.165) is 36.1 Å². The van der Waals surface area contributed by atoms with Crippen LogP contribution in [0.1, 0.15) is 27.9 Å². The van der Waals surface area contributed by atoms with E-state index >= 15 is 0 Å². The van der Waals surface area contributed by atoms with Crippen molar-refractivity contribution in [3.05, 3.63) is 59.2 Å². The van der Waals surface area contributed by atoms with Crippen LogP contribution in [0.5, 0.6) is 0 Å².